The van der Waals surface area contributed by atoms with Crippen LogP contribution in [-0.2, 0) is 0 Å². The Labute approximate surface area is 156 Å². The number of hydrogen-bond donors (Lipinski definition) is 1. The summed E-state index contributed by atoms with van der Waals surface area (Å²) in [5.41, 5.74) is 3.39. The van der Waals surface area contributed by atoms with Gasteiger partial charge in [-0.25, -0.2) is 19.6 Å². The van der Waals surface area contributed by atoms with Gasteiger partial charge in [0.05, 0.1) is 10.7 Å². The normalized spacial score (nSPS) is 11.5. The summed E-state index contributed by atoms with van der Waals surface area (Å²) in [6, 6.07) is 6.75. The van der Waals surface area contributed by atoms with Crippen LogP contribution in [-0.4, -0.2) is 29.7 Å². The molecule has 0 atom stereocenters. The third kappa shape index (κ3) is 2.49. The number of aryl methyl sites for hydroxylation is 1. The van der Waals surface area contributed by atoms with Crippen LogP contribution in [0.1, 0.15) is 5.69 Å². The first-order valence-electron chi connectivity index (χ1n) is 8.05. The number of nitrogens with one attached hydrogen (secondary N) is 1. The van der Waals surface area contributed by atoms with E-state index in [1.165, 1.54) is 18.7 Å². The number of pyridine rings is 1. The topological polar surface area (TPSA) is 102 Å². The van der Waals surface area contributed by atoms with Gasteiger partial charge in [-0.05, 0) is 25.1 Å². The van der Waals surface area contributed by atoms with Gasteiger partial charge in [0.1, 0.15) is 11.2 Å². The molecule has 1 aromatic carbocycles. The van der Waals surface area contributed by atoms with E-state index in [2.05, 4.69) is 25.0 Å². The quantitative estimate of drug-likeness (QED) is 0.505. The van der Waals surface area contributed by atoms with Crippen LogP contribution in [0.5, 0.6) is 0 Å². The van der Waals surface area contributed by atoms with Crippen molar-refractivity contribution >= 4 is 33.9 Å². The van der Waals surface area contributed by atoms with Crippen molar-refractivity contribution < 1.29 is 4.42 Å². The lowest BCUT2D eigenvalue weighted by atomic mass is 10.1. The molecule has 9 heteroatoms. The van der Waals surface area contributed by atoms with E-state index < -0.39 is 0 Å². The Morgan fingerprint density at radius 3 is 2.89 bits per heavy atom. The molecule has 0 aliphatic rings. The summed E-state index contributed by atoms with van der Waals surface area (Å²) < 4.78 is 7.00. The highest BCUT2D eigenvalue weighted by Gasteiger charge is 2.18. The highest BCUT2D eigenvalue weighted by atomic mass is 35.5. The molecular weight excluding hydrogens is 368 g/mol. The fraction of sp³-hybridized carbons (Fsp3) is 0.0556. The number of nitrogens with zero attached hydrogens (tertiary/aromatic N) is 5. The first-order valence-corrected chi connectivity index (χ1v) is 8.43. The molecule has 0 radical (unpaired) electrons. The van der Waals surface area contributed by atoms with Crippen LogP contribution >= 0.6 is 11.6 Å². The van der Waals surface area contributed by atoms with Gasteiger partial charge in [0.2, 0.25) is 5.43 Å². The molecule has 0 bridgehead atoms. The average Bonchev–Trinajstić information content (AvgIpc) is 3.30. The van der Waals surface area contributed by atoms with E-state index in [4.69, 9.17) is 16.0 Å². The van der Waals surface area contributed by atoms with Crippen LogP contribution in [0.25, 0.3) is 39.3 Å². The smallest absolute Gasteiger partial charge is 0.209 e. The Hall–Kier alpha value is -3.52. The fourth-order valence-corrected chi connectivity index (χ4v) is 3.18. The summed E-state index contributed by atoms with van der Waals surface area (Å²) >= 11 is 6.34. The summed E-state index contributed by atoms with van der Waals surface area (Å²) in [4.78, 5) is 28.5. The number of rotatable bonds is 2. The van der Waals surface area contributed by atoms with Crippen molar-refractivity contribution in [3.63, 3.8) is 0 Å². The summed E-state index contributed by atoms with van der Waals surface area (Å²) in [6.45, 7) is 1.88. The molecule has 1 N–H and O–H groups in total. The second kappa shape index (κ2) is 5.75. The standard InChI is InChI=1S/C18H11ClN6O2/c1-9-3-5-25(24-9)18-14(22-16-12(26)2-4-20-17(16)23-18)10-6-11(19)15-13(7-10)27-8-21-15/h2-8H,1H3,(H,20,23,26). The lowest BCUT2D eigenvalue weighted by molar-refractivity contribution is 0.602. The SMILES string of the molecule is Cc1ccn(-c2nc3[nH]ccc(=O)c3nc2-c2cc(Cl)c3ncoc3c2)n1. The lowest BCUT2D eigenvalue weighted by Crippen LogP contribution is -2.10. The summed E-state index contributed by atoms with van der Waals surface area (Å²) in [5, 5.41) is 4.84. The van der Waals surface area contributed by atoms with E-state index in [1.807, 2.05) is 13.0 Å². The van der Waals surface area contributed by atoms with E-state index in [0.29, 0.717) is 38.8 Å². The second-order valence-corrected chi connectivity index (χ2v) is 6.40. The van der Waals surface area contributed by atoms with Crippen molar-refractivity contribution in [3.8, 4) is 17.1 Å². The highest BCUT2D eigenvalue weighted by Crippen LogP contribution is 2.32. The molecule has 5 rings (SSSR count). The van der Waals surface area contributed by atoms with E-state index in [1.54, 1.807) is 23.0 Å². The maximum absolute atomic E-state index is 12.3. The van der Waals surface area contributed by atoms with E-state index >= 15 is 0 Å². The number of aromatic amines is 1. The van der Waals surface area contributed by atoms with Crippen LogP contribution in [0.4, 0.5) is 0 Å². The van der Waals surface area contributed by atoms with Gasteiger partial charge in [-0.15, -0.1) is 0 Å². The zero-order valence-corrected chi connectivity index (χ0v) is 14.7. The molecule has 5 aromatic rings. The Bertz CT molecular complexity index is 1380. The number of oxazole rings is 1. The number of halogens is 1. The molecule has 4 aromatic heterocycles. The maximum Gasteiger partial charge on any atom is 0.209 e. The molecule has 8 nitrogen and oxygen atoms in total. The van der Waals surface area contributed by atoms with Crippen molar-refractivity contribution in [2.24, 2.45) is 0 Å². The number of H-pyrrole nitrogens is 1. The zero-order valence-electron chi connectivity index (χ0n) is 14.0. The third-order valence-electron chi connectivity index (χ3n) is 4.17. The molecule has 0 fully saturated rings. The molecule has 4 heterocycles. The largest absolute Gasteiger partial charge is 0.443 e. The van der Waals surface area contributed by atoms with Gasteiger partial charge in [-0.3, -0.25) is 4.79 Å². The molecule has 0 unspecified atom stereocenters. The first-order chi connectivity index (χ1) is 13.1. The van der Waals surface area contributed by atoms with E-state index in [-0.39, 0.29) is 10.9 Å². The molecule has 0 aliphatic heterocycles. The monoisotopic (exact) mass is 378 g/mol. The molecule has 132 valence electrons. The van der Waals surface area contributed by atoms with Crippen molar-refractivity contribution in [2.75, 3.05) is 0 Å². The Balaban J connectivity index is 1.88. The predicted octanol–water partition coefficient (Wildman–Crippen LogP) is 3.27. The van der Waals surface area contributed by atoms with E-state index in [0.717, 1.165) is 5.69 Å². The van der Waals surface area contributed by atoms with Gasteiger partial charge in [-0.2, -0.15) is 5.10 Å². The van der Waals surface area contributed by atoms with Crippen LogP contribution in [0, 0.1) is 6.92 Å². The van der Waals surface area contributed by atoms with Crippen LogP contribution in [0.2, 0.25) is 5.02 Å². The minimum Gasteiger partial charge on any atom is -0.443 e. The predicted molar refractivity (Wildman–Crippen MR) is 100 cm³/mol. The van der Waals surface area contributed by atoms with Gasteiger partial charge in [0.25, 0.3) is 0 Å². The summed E-state index contributed by atoms with van der Waals surface area (Å²) in [7, 11) is 0. The summed E-state index contributed by atoms with van der Waals surface area (Å²) in [5.74, 6) is 0.465. The van der Waals surface area contributed by atoms with Crippen LogP contribution in [0.3, 0.4) is 0 Å². The van der Waals surface area contributed by atoms with Gasteiger partial charge < -0.3 is 9.40 Å². The molecular formula is C18H11ClN6O2. The average molecular weight is 379 g/mol. The van der Waals surface area contributed by atoms with Gasteiger partial charge in [0.15, 0.2) is 29.0 Å². The van der Waals surface area contributed by atoms with Crippen LogP contribution < -0.4 is 5.43 Å². The van der Waals surface area contributed by atoms with Gasteiger partial charge in [-0.1, -0.05) is 11.6 Å². The van der Waals surface area contributed by atoms with Crippen molar-refractivity contribution in [1.82, 2.24) is 29.7 Å². The highest BCUT2D eigenvalue weighted by molar-refractivity contribution is 6.35. The summed E-state index contributed by atoms with van der Waals surface area (Å²) in [6.07, 6.45) is 4.65. The maximum atomic E-state index is 12.3. The lowest BCUT2D eigenvalue weighted by Gasteiger charge is -2.10. The molecule has 0 saturated carbocycles. The van der Waals surface area contributed by atoms with Crippen LogP contribution in [0.15, 0.2) is 52.3 Å². The number of benzene rings is 1. The minimum atomic E-state index is -0.229. The molecule has 0 spiro atoms. The minimum absolute atomic E-state index is 0.229. The Morgan fingerprint density at radius 2 is 2.07 bits per heavy atom. The van der Waals surface area contributed by atoms with Gasteiger partial charge >= 0.3 is 0 Å². The number of hydrogen-bond acceptors (Lipinski definition) is 6. The van der Waals surface area contributed by atoms with Crippen molar-refractivity contribution in [2.45, 2.75) is 6.92 Å². The zero-order chi connectivity index (χ0) is 18.5. The number of aromatic nitrogens is 6. The van der Waals surface area contributed by atoms with E-state index in [9.17, 15) is 4.79 Å². The van der Waals surface area contributed by atoms with Gasteiger partial charge in [0, 0.05) is 24.0 Å². The molecule has 27 heavy (non-hydrogen) atoms. The van der Waals surface area contributed by atoms with Crippen molar-refractivity contribution in [1.29, 1.82) is 0 Å². The Kier molecular flexibility index (Phi) is 3.34. The molecule has 0 aliphatic carbocycles. The third-order valence-corrected chi connectivity index (χ3v) is 4.46. The second-order valence-electron chi connectivity index (χ2n) is 5.99. The Morgan fingerprint density at radius 1 is 1.19 bits per heavy atom. The number of fused-ring (bicyclic) bond motifs is 2. The fourth-order valence-electron chi connectivity index (χ4n) is 2.92. The van der Waals surface area contributed by atoms with Crippen molar-refractivity contribution in [3.05, 3.63) is 64.0 Å². The molecule has 0 saturated heterocycles. The molecule has 0 amide bonds. The first kappa shape index (κ1) is 15.7.